The topological polar surface area (TPSA) is 95.9 Å². The molecule has 1 saturated carbocycles. The fourth-order valence-electron chi connectivity index (χ4n) is 7.35. The maximum atomic E-state index is 13.3. The zero-order chi connectivity index (χ0) is 29.9. The van der Waals surface area contributed by atoms with E-state index in [9.17, 15) is 18.3 Å². The second-order valence-electron chi connectivity index (χ2n) is 13.6. The lowest BCUT2D eigenvalue weighted by Crippen LogP contribution is -2.49. The summed E-state index contributed by atoms with van der Waals surface area (Å²) in [7, 11) is -3.92. The number of nitrogens with one attached hydrogen (secondary N) is 1. The summed E-state index contributed by atoms with van der Waals surface area (Å²) >= 11 is 6.39. The van der Waals surface area contributed by atoms with Crippen molar-refractivity contribution in [2.24, 2.45) is 23.2 Å². The second kappa shape index (κ2) is 10.9. The van der Waals surface area contributed by atoms with Gasteiger partial charge in [-0.1, -0.05) is 50.6 Å². The number of anilines is 1. The first-order chi connectivity index (χ1) is 19.9. The number of benzene rings is 2. The Morgan fingerprint density at radius 3 is 2.69 bits per heavy atom. The SMILES string of the molecule is C[C@H]1/C=C/[C@@H](O)[C@@H]2CC[C@H]2CN2C[C@@]3(CCCc4cc(Cl)ccc43)COc3ccc(cc32)C(=O)NS(=O)(=O)CC1(C)C. The van der Waals surface area contributed by atoms with E-state index in [1.165, 1.54) is 11.1 Å². The van der Waals surface area contributed by atoms with Crippen LogP contribution in [0, 0.1) is 23.2 Å². The van der Waals surface area contributed by atoms with E-state index in [2.05, 4.69) is 21.8 Å². The number of fused-ring (bicyclic) bond motifs is 4. The zero-order valence-corrected chi connectivity index (χ0v) is 26.2. The average molecular weight is 613 g/mol. The van der Waals surface area contributed by atoms with Crippen molar-refractivity contribution in [2.45, 2.75) is 64.4 Å². The minimum absolute atomic E-state index is 0.112. The predicted octanol–water partition coefficient (Wildman–Crippen LogP) is 5.49. The molecule has 6 rings (SSSR count). The molecular formula is C33H41ClN2O5S. The molecule has 2 heterocycles. The number of carbonyl (C=O) groups is 1. The maximum Gasteiger partial charge on any atom is 0.264 e. The first-order valence-electron chi connectivity index (χ1n) is 15.1. The molecule has 2 aromatic carbocycles. The lowest BCUT2D eigenvalue weighted by atomic mass is 9.68. The Morgan fingerprint density at radius 2 is 1.93 bits per heavy atom. The summed E-state index contributed by atoms with van der Waals surface area (Å²) < 4.78 is 35.1. The molecule has 0 radical (unpaired) electrons. The van der Waals surface area contributed by atoms with Gasteiger partial charge in [0.25, 0.3) is 5.91 Å². The molecule has 1 amide bonds. The van der Waals surface area contributed by atoms with Crippen LogP contribution in [0.4, 0.5) is 5.69 Å². The van der Waals surface area contributed by atoms with Gasteiger partial charge in [0, 0.05) is 29.1 Å². The van der Waals surface area contributed by atoms with Crippen LogP contribution in [0.5, 0.6) is 5.75 Å². The normalized spacial score (nSPS) is 32.8. The molecule has 2 bridgehead atoms. The third-order valence-corrected chi connectivity index (χ3v) is 12.2. The van der Waals surface area contributed by atoms with Crippen LogP contribution in [-0.4, -0.2) is 51.0 Å². The van der Waals surface area contributed by atoms with Crippen molar-refractivity contribution in [1.82, 2.24) is 4.72 Å². The van der Waals surface area contributed by atoms with Crippen LogP contribution in [0.3, 0.4) is 0 Å². The Morgan fingerprint density at radius 1 is 1.12 bits per heavy atom. The number of carbonyl (C=O) groups excluding carboxylic acids is 1. The van der Waals surface area contributed by atoms with Crippen molar-refractivity contribution in [3.8, 4) is 5.75 Å². The van der Waals surface area contributed by atoms with E-state index >= 15 is 0 Å². The van der Waals surface area contributed by atoms with E-state index in [1.807, 2.05) is 39.0 Å². The van der Waals surface area contributed by atoms with Gasteiger partial charge in [-0.3, -0.25) is 4.79 Å². The average Bonchev–Trinajstić information content (AvgIpc) is 3.05. The molecule has 2 N–H and O–H groups in total. The Bertz CT molecular complexity index is 1520. The Labute approximate surface area is 254 Å². The fraction of sp³-hybridized carbons (Fsp3) is 0.545. The van der Waals surface area contributed by atoms with Crippen LogP contribution >= 0.6 is 11.6 Å². The highest BCUT2D eigenvalue weighted by molar-refractivity contribution is 7.90. The minimum atomic E-state index is -3.92. The highest BCUT2D eigenvalue weighted by Gasteiger charge is 2.44. The van der Waals surface area contributed by atoms with Crippen molar-refractivity contribution in [3.63, 3.8) is 0 Å². The van der Waals surface area contributed by atoms with Crippen LogP contribution in [0.25, 0.3) is 0 Å². The molecule has 0 unspecified atom stereocenters. The van der Waals surface area contributed by atoms with Gasteiger partial charge >= 0.3 is 0 Å². The number of aliphatic hydroxyl groups is 1. The molecule has 5 atom stereocenters. The molecule has 7 nitrogen and oxygen atoms in total. The predicted molar refractivity (Wildman–Crippen MR) is 166 cm³/mol. The smallest absolute Gasteiger partial charge is 0.264 e. The van der Waals surface area contributed by atoms with Gasteiger partial charge < -0.3 is 14.7 Å². The Balaban J connectivity index is 1.42. The summed E-state index contributed by atoms with van der Waals surface area (Å²) in [5, 5.41) is 12.0. The highest BCUT2D eigenvalue weighted by Crippen LogP contribution is 2.47. The summed E-state index contributed by atoms with van der Waals surface area (Å²) in [5.41, 5.74) is 2.67. The van der Waals surface area contributed by atoms with E-state index < -0.39 is 27.4 Å². The Hall–Kier alpha value is -2.55. The first kappa shape index (κ1) is 29.5. The van der Waals surface area contributed by atoms with E-state index in [-0.39, 0.29) is 34.5 Å². The number of ether oxygens (including phenoxy) is 1. The van der Waals surface area contributed by atoms with Gasteiger partial charge in [0.1, 0.15) is 5.75 Å². The number of aliphatic hydroxyl groups excluding tert-OH is 1. The lowest BCUT2D eigenvalue weighted by Gasteiger charge is -2.45. The van der Waals surface area contributed by atoms with Crippen molar-refractivity contribution < 1.29 is 23.1 Å². The number of aryl methyl sites for hydroxylation is 1. The number of allylic oxidation sites excluding steroid dienone is 1. The number of rotatable bonds is 0. The monoisotopic (exact) mass is 612 g/mol. The number of amides is 1. The van der Waals surface area contributed by atoms with Gasteiger partial charge in [-0.25, -0.2) is 13.1 Å². The van der Waals surface area contributed by atoms with E-state index in [0.29, 0.717) is 25.4 Å². The number of hydrogen-bond acceptors (Lipinski definition) is 6. The van der Waals surface area contributed by atoms with Gasteiger partial charge in [0.15, 0.2) is 0 Å². The van der Waals surface area contributed by atoms with Crippen LogP contribution in [0.15, 0.2) is 48.6 Å². The van der Waals surface area contributed by atoms with Gasteiger partial charge in [-0.15, -0.1) is 0 Å². The molecule has 1 spiro atoms. The van der Waals surface area contributed by atoms with Crippen molar-refractivity contribution in [1.29, 1.82) is 0 Å². The number of hydrogen-bond donors (Lipinski definition) is 2. The molecular weight excluding hydrogens is 572 g/mol. The Kier molecular flexibility index (Phi) is 7.64. The van der Waals surface area contributed by atoms with Gasteiger partial charge in [0.2, 0.25) is 10.0 Å². The molecule has 2 aliphatic heterocycles. The zero-order valence-electron chi connectivity index (χ0n) is 24.6. The molecule has 226 valence electrons. The van der Waals surface area contributed by atoms with Gasteiger partial charge in [-0.2, -0.15) is 0 Å². The quantitative estimate of drug-likeness (QED) is 0.382. The van der Waals surface area contributed by atoms with Gasteiger partial charge in [0.05, 0.1) is 24.2 Å². The first-order valence-corrected chi connectivity index (χ1v) is 17.1. The van der Waals surface area contributed by atoms with Crippen molar-refractivity contribution in [3.05, 3.63) is 70.3 Å². The molecule has 4 aliphatic rings. The van der Waals surface area contributed by atoms with Crippen LogP contribution in [-0.2, 0) is 21.9 Å². The van der Waals surface area contributed by atoms with Crippen LogP contribution in [0.2, 0.25) is 5.02 Å². The summed E-state index contributed by atoms with van der Waals surface area (Å²) in [5.74, 6) is 0.0809. The van der Waals surface area contributed by atoms with E-state index in [0.717, 1.165) is 42.8 Å². The fourth-order valence-corrected chi connectivity index (χ4v) is 9.26. The number of nitrogens with zero attached hydrogens (tertiary/aromatic N) is 1. The van der Waals surface area contributed by atoms with Gasteiger partial charge in [-0.05, 0) is 96.7 Å². The van der Waals surface area contributed by atoms with Crippen molar-refractivity contribution in [2.75, 3.05) is 30.3 Å². The minimum Gasteiger partial charge on any atom is -0.490 e. The van der Waals surface area contributed by atoms with E-state index in [4.69, 9.17) is 16.3 Å². The third-order valence-electron chi connectivity index (χ3n) is 10.3. The number of halogens is 1. The standard InChI is InChI=1S/C33H41ClN2O5S/c1-21-6-12-29(37)26-10-7-24(26)17-36-18-33(14-4-5-22-15-25(34)9-11-27(22)33)19-41-30-13-8-23(16-28(30)36)31(38)35-42(39,40)20-32(21,2)3/h6,8-9,11-13,15-16,21,24,26,29,37H,4-5,7,10,14,17-20H2,1-3H3,(H,35,38)/b12-6+/t21-,24-,26+,29+,33-/m0/s1. The lowest BCUT2D eigenvalue weighted by molar-refractivity contribution is 0.0452. The molecule has 42 heavy (non-hydrogen) atoms. The van der Waals surface area contributed by atoms with E-state index in [1.54, 1.807) is 18.2 Å². The molecule has 1 fully saturated rings. The maximum absolute atomic E-state index is 13.3. The molecule has 0 aromatic heterocycles. The van der Waals surface area contributed by atoms with Crippen LogP contribution in [0.1, 0.15) is 67.9 Å². The summed E-state index contributed by atoms with van der Waals surface area (Å²) in [6, 6.07) is 11.4. The molecule has 2 aliphatic carbocycles. The number of sulfonamides is 1. The summed E-state index contributed by atoms with van der Waals surface area (Å²) in [4.78, 5) is 15.7. The second-order valence-corrected chi connectivity index (χ2v) is 15.8. The molecule has 9 heteroatoms. The summed E-state index contributed by atoms with van der Waals surface area (Å²) in [6.45, 7) is 7.60. The molecule has 2 aromatic rings. The third kappa shape index (κ3) is 5.58. The summed E-state index contributed by atoms with van der Waals surface area (Å²) in [6.07, 6.45) is 8.09. The largest absolute Gasteiger partial charge is 0.490 e. The van der Waals surface area contributed by atoms with Crippen molar-refractivity contribution >= 4 is 33.2 Å². The molecule has 0 saturated heterocycles. The van der Waals surface area contributed by atoms with Crippen LogP contribution < -0.4 is 14.4 Å². The highest BCUT2D eigenvalue weighted by atomic mass is 35.5.